The summed E-state index contributed by atoms with van der Waals surface area (Å²) in [6.07, 6.45) is 16.1. The van der Waals surface area contributed by atoms with Gasteiger partial charge in [-0.1, -0.05) is 20.8 Å². The van der Waals surface area contributed by atoms with Crippen molar-refractivity contribution < 1.29 is 19.4 Å². The molecule has 39 heavy (non-hydrogen) atoms. The molecule has 7 nitrogen and oxygen atoms in total. The van der Waals surface area contributed by atoms with Gasteiger partial charge in [0.1, 0.15) is 6.10 Å². The maximum atomic E-state index is 12.7. The molecule has 220 valence electrons. The van der Waals surface area contributed by atoms with Gasteiger partial charge in [0.05, 0.1) is 19.0 Å². The third-order valence-electron chi connectivity index (χ3n) is 12.6. The number of fused-ring (bicyclic) bond motifs is 7. The Morgan fingerprint density at radius 3 is 2.67 bits per heavy atom. The van der Waals surface area contributed by atoms with E-state index in [1.807, 2.05) is 5.01 Å². The number of nitrogens with one attached hydrogen (secondary N) is 2. The quantitative estimate of drug-likeness (QED) is 0.426. The number of nitrogens with zero attached hydrogens (tertiary/aromatic N) is 1. The number of aliphatic hydroxyl groups excluding tert-OH is 1. The molecule has 0 aromatic heterocycles. The lowest BCUT2D eigenvalue weighted by atomic mass is 9.44. The third-order valence-corrected chi connectivity index (χ3v) is 12.6. The minimum Gasteiger partial charge on any atom is -0.495 e. The average molecular weight is 544 g/mol. The SMILES string of the molecule is CC(CO)CC/C=C1/CC2C(CC3[C@@H]4CC[C@@H]5C[C@@H](NC(=O)NN6CCOCC6)CC[C@]5(C)C4CC[C@]23C)O1. The predicted octanol–water partition coefficient (Wildman–Crippen LogP) is 5.25. The topological polar surface area (TPSA) is 83.1 Å². The van der Waals surface area contributed by atoms with Crippen LogP contribution in [0, 0.1) is 46.3 Å². The van der Waals surface area contributed by atoms with E-state index in [9.17, 15) is 9.90 Å². The van der Waals surface area contributed by atoms with Crippen LogP contribution >= 0.6 is 0 Å². The fourth-order valence-corrected chi connectivity index (χ4v) is 10.2. The molecular weight excluding hydrogens is 490 g/mol. The summed E-state index contributed by atoms with van der Waals surface area (Å²) >= 11 is 0. The Kier molecular flexibility index (Phi) is 7.97. The minimum atomic E-state index is -0.0403. The number of amides is 2. The van der Waals surface area contributed by atoms with E-state index in [2.05, 4.69) is 37.6 Å². The Bertz CT molecular complexity index is 921. The molecule has 3 N–H and O–H groups in total. The molecule has 0 spiro atoms. The smallest absolute Gasteiger partial charge is 0.329 e. The number of hydrogen-bond donors (Lipinski definition) is 3. The third kappa shape index (κ3) is 5.25. The van der Waals surface area contributed by atoms with Crippen LogP contribution in [0.3, 0.4) is 0 Å². The molecule has 2 aliphatic heterocycles. The standard InChI is InChI=1S/C32H53N3O4/c1-21(20-36)5-4-6-24-18-28-29(39-24)19-27-25-8-7-22-17-23(33-30(37)34-35-13-15-38-16-14-35)9-11-31(22,2)26(25)10-12-32(27,28)3/h6,21-23,25-29,36H,4-5,7-20H2,1-3H3,(H2,33,34,37)/b24-6-/t21?,22-,23+,25-,26?,27?,28?,29?,31+,32+/m1/s1. The van der Waals surface area contributed by atoms with Crippen molar-refractivity contribution in [2.24, 2.45) is 46.3 Å². The van der Waals surface area contributed by atoms with E-state index in [4.69, 9.17) is 9.47 Å². The Balaban J connectivity index is 1.05. The monoisotopic (exact) mass is 543 g/mol. The van der Waals surface area contributed by atoms with Crippen LogP contribution in [0.2, 0.25) is 0 Å². The summed E-state index contributed by atoms with van der Waals surface area (Å²) in [4.78, 5) is 12.7. The van der Waals surface area contributed by atoms with Crippen LogP contribution in [-0.4, -0.2) is 61.2 Å². The first-order valence-electron chi connectivity index (χ1n) is 16.2. The maximum absolute atomic E-state index is 12.7. The molecule has 5 unspecified atom stereocenters. The fraction of sp³-hybridized carbons (Fsp3) is 0.906. The zero-order valence-corrected chi connectivity index (χ0v) is 24.6. The molecule has 0 aromatic rings. The van der Waals surface area contributed by atoms with Crippen molar-refractivity contribution in [1.82, 2.24) is 15.8 Å². The molecule has 0 bridgehead atoms. The largest absolute Gasteiger partial charge is 0.495 e. The summed E-state index contributed by atoms with van der Waals surface area (Å²) in [5.41, 5.74) is 3.87. The Labute approximate surface area is 235 Å². The maximum Gasteiger partial charge on any atom is 0.329 e. The van der Waals surface area contributed by atoms with E-state index in [0.717, 1.165) is 68.9 Å². The second kappa shape index (κ2) is 11.2. The fourth-order valence-electron chi connectivity index (χ4n) is 10.2. The summed E-state index contributed by atoms with van der Waals surface area (Å²) in [7, 11) is 0. The van der Waals surface area contributed by atoms with E-state index >= 15 is 0 Å². The number of carbonyl (C=O) groups is 1. The van der Waals surface area contributed by atoms with Crippen LogP contribution in [0.4, 0.5) is 4.79 Å². The summed E-state index contributed by atoms with van der Waals surface area (Å²) in [6, 6.07) is 0.251. The van der Waals surface area contributed by atoms with Gasteiger partial charge in [0.15, 0.2) is 0 Å². The molecule has 6 rings (SSSR count). The van der Waals surface area contributed by atoms with Gasteiger partial charge < -0.3 is 19.9 Å². The van der Waals surface area contributed by atoms with Gasteiger partial charge >= 0.3 is 6.03 Å². The van der Waals surface area contributed by atoms with Crippen molar-refractivity contribution in [2.45, 2.75) is 104 Å². The van der Waals surface area contributed by atoms with E-state index in [-0.39, 0.29) is 12.6 Å². The summed E-state index contributed by atoms with van der Waals surface area (Å²) < 4.78 is 12.0. The van der Waals surface area contributed by atoms with Gasteiger partial charge in [0.25, 0.3) is 0 Å². The Hall–Kier alpha value is -1.31. The van der Waals surface area contributed by atoms with Crippen LogP contribution in [0.5, 0.6) is 0 Å². The van der Waals surface area contributed by atoms with Crippen molar-refractivity contribution in [3.05, 3.63) is 11.8 Å². The Morgan fingerprint density at radius 1 is 1.08 bits per heavy atom. The average Bonchev–Trinajstić information content (AvgIpc) is 3.45. The van der Waals surface area contributed by atoms with Gasteiger partial charge in [-0.3, -0.25) is 5.43 Å². The molecule has 10 atom stereocenters. The zero-order chi connectivity index (χ0) is 27.2. The van der Waals surface area contributed by atoms with Crippen molar-refractivity contribution in [3.63, 3.8) is 0 Å². The predicted molar refractivity (Wildman–Crippen MR) is 152 cm³/mol. The number of hydrogen-bond acceptors (Lipinski definition) is 5. The highest BCUT2D eigenvalue weighted by Gasteiger charge is 2.64. The van der Waals surface area contributed by atoms with Gasteiger partial charge in [-0.15, -0.1) is 0 Å². The Morgan fingerprint density at radius 2 is 1.87 bits per heavy atom. The lowest BCUT2D eigenvalue weighted by molar-refractivity contribution is -0.113. The lowest BCUT2D eigenvalue weighted by Gasteiger charge is -2.61. The van der Waals surface area contributed by atoms with Crippen molar-refractivity contribution in [2.75, 3.05) is 32.9 Å². The molecule has 6 aliphatic rings. The van der Waals surface area contributed by atoms with Crippen LogP contribution in [-0.2, 0) is 9.47 Å². The molecule has 2 amide bonds. The first kappa shape index (κ1) is 27.8. The molecule has 0 aromatic carbocycles. The van der Waals surface area contributed by atoms with Gasteiger partial charge in [0, 0.05) is 38.1 Å². The normalized spacial score (nSPS) is 45.4. The number of urea groups is 1. The van der Waals surface area contributed by atoms with E-state index in [1.54, 1.807) is 0 Å². The molecule has 4 saturated carbocycles. The van der Waals surface area contributed by atoms with Crippen molar-refractivity contribution >= 4 is 6.03 Å². The minimum absolute atomic E-state index is 0.0403. The molecule has 2 heterocycles. The summed E-state index contributed by atoms with van der Waals surface area (Å²) in [5, 5.41) is 14.6. The van der Waals surface area contributed by atoms with E-state index in [0.29, 0.717) is 48.0 Å². The molecule has 2 saturated heterocycles. The highest BCUT2D eigenvalue weighted by Crippen LogP contribution is 2.69. The second-order valence-electron chi connectivity index (χ2n) is 14.6. The van der Waals surface area contributed by atoms with Crippen LogP contribution < -0.4 is 10.7 Å². The number of allylic oxidation sites excluding steroid dienone is 2. The van der Waals surface area contributed by atoms with Gasteiger partial charge in [-0.25, -0.2) is 9.80 Å². The first-order chi connectivity index (χ1) is 18.8. The van der Waals surface area contributed by atoms with E-state index in [1.165, 1.54) is 44.3 Å². The molecule has 0 radical (unpaired) electrons. The summed E-state index contributed by atoms with van der Waals surface area (Å²) in [6.45, 7) is 10.5. The number of morpholine rings is 1. The highest BCUT2D eigenvalue weighted by molar-refractivity contribution is 5.73. The van der Waals surface area contributed by atoms with Crippen molar-refractivity contribution in [3.8, 4) is 0 Å². The van der Waals surface area contributed by atoms with Gasteiger partial charge in [-0.2, -0.15) is 0 Å². The zero-order valence-electron chi connectivity index (χ0n) is 24.6. The number of hydrazine groups is 1. The van der Waals surface area contributed by atoms with Gasteiger partial charge in [-0.05, 0) is 111 Å². The van der Waals surface area contributed by atoms with Gasteiger partial charge in [0.2, 0.25) is 0 Å². The van der Waals surface area contributed by atoms with Crippen LogP contribution in [0.1, 0.15) is 91.4 Å². The van der Waals surface area contributed by atoms with E-state index < -0.39 is 0 Å². The molecular formula is C32H53N3O4. The molecule has 7 heteroatoms. The number of aliphatic hydroxyl groups is 1. The lowest BCUT2D eigenvalue weighted by Crippen LogP contribution is -2.57. The molecule has 6 fully saturated rings. The van der Waals surface area contributed by atoms with Crippen LogP contribution in [0.25, 0.3) is 0 Å². The van der Waals surface area contributed by atoms with Crippen molar-refractivity contribution in [1.29, 1.82) is 0 Å². The highest BCUT2D eigenvalue weighted by atomic mass is 16.5. The number of carbonyl (C=O) groups excluding carboxylic acids is 1. The number of rotatable bonds is 6. The number of ether oxygens (including phenoxy) is 2. The first-order valence-corrected chi connectivity index (χ1v) is 16.2. The molecule has 4 aliphatic carbocycles. The summed E-state index contributed by atoms with van der Waals surface area (Å²) in [5.74, 6) is 5.47. The second-order valence-corrected chi connectivity index (χ2v) is 14.6. The van der Waals surface area contributed by atoms with Crippen LogP contribution in [0.15, 0.2) is 11.8 Å².